The van der Waals surface area contributed by atoms with Gasteiger partial charge in [-0.05, 0) is 6.42 Å². The van der Waals surface area contributed by atoms with Gasteiger partial charge in [0.2, 0.25) is 0 Å². The molecule has 2 aliphatic rings. The number of nitrogens with zero attached hydrogens (tertiary/aromatic N) is 1. The minimum Gasteiger partial charge on any atom is -0.324 e. The van der Waals surface area contributed by atoms with Crippen LogP contribution in [0, 0.1) is 6.08 Å². The highest BCUT2D eigenvalue weighted by atomic mass is 14.7. The van der Waals surface area contributed by atoms with Crippen LogP contribution in [0.15, 0.2) is 35.0 Å². The van der Waals surface area contributed by atoms with Gasteiger partial charge in [0.05, 0.1) is 0 Å². The molecule has 0 aromatic rings. The van der Waals surface area contributed by atoms with Crippen molar-refractivity contribution in [1.82, 2.24) is 0 Å². The van der Waals surface area contributed by atoms with Gasteiger partial charge in [0.1, 0.15) is 0 Å². The second-order valence-corrected chi connectivity index (χ2v) is 2.39. The molecule has 0 saturated carbocycles. The third-order valence-electron chi connectivity index (χ3n) is 1.69. The van der Waals surface area contributed by atoms with Crippen LogP contribution in [0.5, 0.6) is 0 Å². The Kier molecular flexibility index (Phi) is 1.28. The highest BCUT2D eigenvalue weighted by Gasteiger charge is 1.99. The predicted molar refractivity (Wildman–Crippen MR) is 41.7 cm³/mol. The van der Waals surface area contributed by atoms with E-state index in [4.69, 9.17) is 0 Å². The summed E-state index contributed by atoms with van der Waals surface area (Å²) in [6.07, 6.45) is 13.2. The van der Waals surface area contributed by atoms with Crippen LogP contribution in [0.2, 0.25) is 0 Å². The van der Waals surface area contributed by atoms with E-state index in [2.05, 4.69) is 23.2 Å². The van der Waals surface area contributed by atoms with Gasteiger partial charge >= 0.3 is 0 Å². The Hall–Kier alpha value is -1.11. The molecule has 50 valence electrons. The Morgan fingerprint density at radius 2 is 2.30 bits per heavy atom. The zero-order valence-corrected chi connectivity index (χ0v) is 5.67. The van der Waals surface area contributed by atoms with Crippen molar-refractivity contribution in [3.8, 4) is 0 Å². The largest absolute Gasteiger partial charge is 0.324 e. The molecule has 2 rings (SSSR count). The molecule has 1 heteroatoms. The molecular weight excluding hydrogens is 122 g/mol. The maximum atomic E-state index is 4.21. The molecule has 1 aliphatic heterocycles. The number of allylic oxidation sites excluding steroid dienone is 5. The average molecular weight is 130 g/mol. The van der Waals surface area contributed by atoms with Crippen LogP contribution in [0.3, 0.4) is 0 Å². The highest BCUT2D eigenvalue weighted by molar-refractivity contribution is 6.02. The molecule has 0 N–H and O–H groups in total. The van der Waals surface area contributed by atoms with Gasteiger partial charge in [-0.2, -0.15) is 18.2 Å². The van der Waals surface area contributed by atoms with Gasteiger partial charge in [0, 0.05) is 6.20 Å². The maximum absolute atomic E-state index is 4.21. The molecule has 0 aromatic heterocycles. The first-order valence-electron chi connectivity index (χ1n) is 3.46. The Morgan fingerprint density at radius 1 is 1.30 bits per heavy atom. The van der Waals surface area contributed by atoms with Crippen LogP contribution in [-0.2, 0) is 0 Å². The summed E-state index contributed by atoms with van der Waals surface area (Å²) in [6.45, 7) is 0. The molecular formula is C9H8N-. The van der Waals surface area contributed by atoms with Crippen molar-refractivity contribution in [1.29, 1.82) is 0 Å². The molecule has 1 nitrogen and oxygen atoms in total. The third-order valence-corrected chi connectivity index (χ3v) is 1.69. The zero-order chi connectivity index (χ0) is 6.81. The van der Waals surface area contributed by atoms with E-state index in [0.717, 1.165) is 12.8 Å². The summed E-state index contributed by atoms with van der Waals surface area (Å²) in [5, 5.41) is 0. The van der Waals surface area contributed by atoms with E-state index in [-0.39, 0.29) is 0 Å². The number of rotatable bonds is 1. The van der Waals surface area contributed by atoms with E-state index in [1.165, 1.54) is 11.3 Å². The highest BCUT2D eigenvalue weighted by Crippen LogP contribution is 2.16. The van der Waals surface area contributed by atoms with Crippen LogP contribution in [0.25, 0.3) is 0 Å². The van der Waals surface area contributed by atoms with E-state index in [1.807, 2.05) is 12.3 Å². The Balaban J connectivity index is 2.15. The lowest BCUT2D eigenvalue weighted by atomic mass is 10.1. The van der Waals surface area contributed by atoms with Crippen molar-refractivity contribution in [2.45, 2.75) is 12.8 Å². The fourth-order valence-corrected chi connectivity index (χ4v) is 1.16. The molecule has 0 atom stereocenters. The van der Waals surface area contributed by atoms with Crippen molar-refractivity contribution in [2.24, 2.45) is 4.99 Å². The predicted octanol–water partition coefficient (Wildman–Crippen LogP) is 2.03. The second kappa shape index (κ2) is 2.25. The standard InChI is InChI=1S/C9H8N/c1-2-5-8(4-1)9-6-3-7-10-9/h1-3,7H,4,6H2/q-1. The van der Waals surface area contributed by atoms with Crippen LogP contribution in [-0.4, -0.2) is 5.71 Å². The summed E-state index contributed by atoms with van der Waals surface area (Å²) in [5.74, 6) is 0. The second-order valence-electron chi connectivity index (χ2n) is 2.39. The molecule has 1 aliphatic carbocycles. The first kappa shape index (κ1) is 5.66. The average Bonchev–Trinajstić information content (AvgIpc) is 2.59. The van der Waals surface area contributed by atoms with E-state index in [1.54, 1.807) is 0 Å². The molecule has 0 unspecified atom stereocenters. The van der Waals surface area contributed by atoms with E-state index in [9.17, 15) is 0 Å². The Bertz CT molecular complexity index is 226. The van der Waals surface area contributed by atoms with Gasteiger partial charge in [0.25, 0.3) is 0 Å². The molecule has 1 heterocycles. The Morgan fingerprint density at radius 3 is 2.90 bits per heavy atom. The van der Waals surface area contributed by atoms with Gasteiger partial charge < -0.3 is 4.99 Å². The topological polar surface area (TPSA) is 12.4 Å². The summed E-state index contributed by atoms with van der Waals surface area (Å²) in [7, 11) is 0. The van der Waals surface area contributed by atoms with E-state index >= 15 is 0 Å². The minimum absolute atomic E-state index is 0.990. The minimum atomic E-state index is 0.990. The number of hydrogen-bond donors (Lipinski definition) is 0. The molecule has 0 amide bonds. The molecule has 0 fully saturated rings. The SMILES string of the molecule is [C-]1=C(C2=NC=CC2)CC=C1. The van der Waals surface area contributed by atoms with Gasteiger partial charge in [0.15, 0.2) is 0 Å². The summed E-state index contributed by atoms with van der Waals surface area (Å²) >= 11 is 0. The lowest BCUT2D eigenvalue weighted by Gasteiger charge is -2.06. The van der Waals surface area contributed by atoms with Gasteiger partial charge in [-0.15, -0.1) is 5.57 Å². The molecule has 0 spiro atoms. The Labute approximate surface area is 60.5 Å². The smallest absolute Gasteiger partial charge is 0.00744 e. The van der Waals surface area contributed by atoms with Crippen molar-refractivity contribution >= 4 is 5.71 Å². The first-order valence-corrected chi connectivity index (χ1v) is 3.46. The number of hydrogen-bond acceptors (Lipinski definition) is 1. The quantitative estimate of drug-likeness (QED) is 0.481. The summed E-state index contributed by atoms with van der Waals surface area (Å²) in [4.78, 5) is 4.21. The molecule has 0 bridgehead atoms. The first-order chi connectivity index (χ1) is 4.97. The third kappa shape index (κ3) is 0.838. The molecule has 0 radical (unpaired) electrons. The van der Waals surface area contributed by atoms with Gasteiger partial charge in [-0.3, -0.25) is 0 Å². The van der Waals surface area contributed by atoms with Crippen LogP contribution >= 0.6 is 0 Å². The maximum Gasteiger partial charge on any atom is 0.00744 e. The van der Waals surface area contributed by atoms with Gasteiger partial charge in [-0.1, -0.05) is 18.2 Å². The summed E-state index contributed by atoms with van der Waals surface area (Å²) in [5.41, 5.74) is 2.44. The van der Waals surface area contributed by atoms with Crippen LogP contribution < -0.4 is 0 Å². The normalized spacial score (nSPS) is 21.6. The molecule has 0 saturated heterocycles. The summed E-state index contributed by atoms with van der Waals surface area (Å²) < 4.78 is 0. The monoisotopic (exact) mass is 130 g/mol. The van der Waals surface area contributed by atoms with Crippen LogP contribution in [0.1, 0.15) is 12.8 Å². The van der Waals surface area contributed by atoms with Gasteiger partial charge in [-0.25, -0.2) is 0 Å². The fraction of sp³-hybridized carbons (Fsp3) is 0.222. The van der Waals surface area contributed by atoms with Crippen molar-refractivity contribution in [3.05, 3.63) is 36.1 Å². The summed E-state index contributed by atoms with van der Waals surface area (Å²) in [6, 6.07) is 0. The lowest BCUT2D eigenvalue weighted by molar-refractivity contribution is 1.32. The van der Waals surface area contributed by atoms with E-state index in [0.29, 0.717) is 0 Å². The zero-order valence-electron chi connectivity index (χ0n) is 5.67. The van der Waals surface area contributed by atoms with Crippen molar-refractivity contribution in [2.75, 3.05) is 0 Å². The van der Waals surface area contributed by atoms with Crippen molar-refractivity contribution < 1.29 is 0 Å². The fourth-order valence-electron chi connectivity index (χ4n) is 1.16. The number of aliphatic imine (C=N–C) groups is 1. The van der Waals surface area contributed by atoms with E-state index < -0.39 is 0 Å². The van der Waals surface area contributed by atoms with Crippen molar-refractivity contribution in [3.63, 3.8) is 0 Å². The molecule has 0 aromatic carbocycles. The molecule has 10 heavy (non-hydrogen) atoms. The van der Waals surface area contributed by atoms with Crippen LogP contribution in [0.4, 0.5) is 0 Å². The lowest BCUT2D eigenvalue weighted by Crippen LogP contribution is -1.95.